The first-order chi connectivity index (χ1) is 7.93. The highest BCUT2D eigenvalue weighted by molar-refractivity contribution is 5.76. The fourth-order valence-corrected chi connectivity index (χ4v) is 1.45. The Balaban J connectivity index is 4.10. The number of rotatable bonds is 6. The van der Waals surface area contributed by atoms with Crippen molar-refractivity contribution in [1.29, 1.82) is 0 Å². The van der Waals surface area contributed by atoms with Crippen molar-refractivity contribution in [2.45, 2.75) is 40.7 Å². The van der Waals surface area contributed by atoms with Gasteiger partial charge in [0, 0.05) is 19.1 Å². The molecule has 0 radical (unpaired) electrons. The van der Waals surface area contributed by atoms with E-state index in [0.29, 0.717) is 19.7 Å². The van der Waals surface area contributed by atoms with Crippen molar-refractivity contribution < 1.29 is 14.3 Å². The lowest BCUT2D eigenvalue weighted by Gasteiger charge is -2.25. The van der Waals surface area contributed by atoms with Crippen molar-refractivity contribution >= 4 is 12.0 Å². The first-order valence-electron chi connectivity index (χ1n) is 6.15. The number of ether oxygens (including phenoxy) is 1. The molecule has 2 amide bonds. The van der Waals surface area contributed by atoms with E-state index in [4.69, 9.17) is 4.74 Å². The maximum Gasteiger partial charge on any atom is 0.317 e. The van der Waals surface area contributed by atoms with E-state index in [1.54, 1.807) is 18.7 Å². The molecule has 0 aliphatic rings. The summed E-state index contributed by atoms with van der Waals surface area (Å²) in [5.41, 5.74) is 0. The minimum atomic E-state index is -0.315. The van der Waals surface area contributed by atoms with Crippen molar-refractivity contribution in [1.82, 2.24) is 10.2 Å². The van der Waals surface area contributed by atoms with Crippen LogP contribution >= 0.6 is 0 Å². The molecule has 1 atom stereocenters. The number of hydrogen-bond donors (Lipinski definition) is 1. The lowest BCUT2D eigenvalue weighted by molar-refractivity contribution is -0.147. The predicted molar refractivity (Wildman–Crippen MR) is 66.7 cm³/mol. The standard InChI is InChI=1S/C12H24N2O3/c1-6-14(9(3)4)12(16)13-8-10(5)11(15)17-7-2/h9-10H,6-8H2,1-5H3,(H,13,16)/t10-/m1/s1. The Morgan fingerprint density at radius 2 is 1.82 bits per heavy atom. The molecule has 17 heavy (non-hydrogen) atoms. The third-order valence-electron chi connectivity index (χ3n) is 2.47. The Kier molecular flexibility index (Phi) is 7.34. The average molecular weight is 244 g/mol. The topological polar surface area (TPSA) is 58.6 Å². The number of carbonyl (C=O) groups is 2. The van der Waals surface area contributed by atoms with E-state index in [0.717, 1.165) is 0 Å². The van der Waals surface area contributed by atoms with Crippen LogP contribution in [-0.4, -0.2) is 42.6 Å². The zero-order chi connectivity index (χ0) is 13.4. The van der Waals surface area contributed by atoms with Gasteiger partial charge in [-0.25, -0.2) is 4.79 Å². The average Bonchev–Trinajstić information content (AvgIpc) is 2.26. The molecule has 100 valence electrons. The normalized spacial score (nSPS) is 12.1. The summed E-state index contributed by atoms with van der Waals surface area (Å²) in [4.78, 5) is 24.8. The van der Waals surface area contributed by atoms with E-state index < -0.39 is 0 Å². The second kappa shape index (κ2) is 7.92. The number of nitrogens with zero attached hydrogens (tertiary/aromatic N) is 1. The summed E-state index contributed by atoms with van der Waals surface area (Å²) in [6.45, 7) is 10.7. The van der Waals surface area contributed by atoms with Gasteiger partial charge in [-0.3, -0.25) is 4.79 Å². The van der Waals surface area contributed by atoms with Crippen LogP contribution in [0, 0.1) is 5.92 Å². The zero-order valence-corrected chi connectivity index (χ0v) is 11.4. The van der Waals surface area contributed by atoms with Crippen molar-refractivity contribution in [2.75, 3.05) is 19.7 Å². The van der Waals surface area contributed by atoms with Crippen molar-refractivity contribution in [3.8, 4) is 0 Å². The summed E-state index contributed by atoms with van der Waals surface area (Å²) in [5.74, 6) is -0.592. The molecule has 0 saturated heterocycles. The molecule has 1 N–H and O–H groups in total. The quantitative estimate of drug-likeness (QED) is 0.722. The van der Waals surface area contributed by atoms with Gasteiger partial charge < -0.3 is 15.0 Å². The number of hydrogen-bond acceptors (Lipinski definition) is 3. The molecular formula is C12H24N2O3. The summed E-state index contributed by atoms with van der Waals surface area (Å²) in [7, 11) is 0. The first kappa shape index (κ1) is 15.7. The summed E-state index contributed by atoms with van der Waals surface area (Å²) in [5, 5.41) is 2.74. The van der Waals surface area contributed by atoms with Gasteiger partial charge >= 0.3 is 12.0 Å². The molecule has 0 aromatic heterocycles. The lowest BCUT2D eigenvalue weighted by Crippen LogP contribution is -2.45. The molecular weight excluding hydrogens is 220 g/mol. The highest BCUT2D eigenvalue weighted by atomic mass is 16.5. The van der Waals surface area contributed by atoms with Gasteiger partial charge in [0.1, 0.15) is 0 Å². The third-order valence-corrected chi connectivity index (χ3v) is 2.47. The molecule has 5 nitrogen and oxygen atoms in total. The zero-order valence-electron chi connectivity index (χ0n) is 11.4. The van der Waals surface area contributed by atoms with Crippen LogP contribution < -0.4 is 5.32 Å². The summed E-state index contributed by atoms with van der Waals surface area (Å²) >= 11 is 0. The number of amides is 2. The van der Waals surface area contributed by atoms with Crippen LogP contribution in [0.3, 0.4) is 0 Å². The molecule has 0 aliphatic carbocycles. The van der Waals surface area contributed by atoms with Crippen molar-refractivity contribution in [3.63, 3.8) is 0 Å². The molecule has 5 heteroatoms. The second-order valence-corrected chi connectivity index (χ2v) is 4.22. The smallest absolute Gasteiger partial charge is 0.317 e. The predicted octanol–water partition coefficient (Wildman–Crippen LogP) is 1.63. The van der Waals surface area contributed by atoms with Crippen LogP contribution in [0.5, 0.6) is 0 Å². The fourth-order valence-electron chi connectivity index (χ4n) is 1.45. The van der Waals surface area contributed by atoms with Crippen LogP contribution in [0.1, 0.15) is 34.6 Å². The monoisotopic (exact) mass is 244 g/mol. The van der Waals surface area contributed by atoms with E-state index in [1.807, 2.05) is 20.8 Å². The Labute approximate surface area is 103 Å². The lowest BCUT2D eigenvalue weighted by atomic mass is 10.2. The van der Waals surface area contributed by atoms with E-state index in [2.05, 4.69) is 5.32 Å². The highest BCUT2D eigenvalue weighted by Gasteiger charge is 2.18. The van der Waals surface area contributed by atoms with Gasteiger partial charge in [0.15, 0.2) is 0 Å². The molecule has 0 bridgehead atoms. The van der Waals surface area contributed by atoms with Crippen LogP contribution in [0.25, 0.3) is 0 Å². The van der Waals surface area contributed by atoms with Crippen LogP contribution in [-0.2, 0) is 9.53 Å². The molecule has 0 fully saturated rings. The summed E-state index contributed by atoms with van der Waals surface area (Å²) in [6.07, 6.45) is 0. The number of carbonyl (C=O) groups excluding carboxylic acids is 2. The van der Waals surface area contributed by atoms with Crippen molar-refractivity contribution in [2.24, 2.45) is 5.92 Å². The summed E-state index contributed by atoms with van der Waals surface area (Å²) < 4.78 is 4.87. The number of esters is 1. The van der Waals surface area contributed by atoms with Gasteiger partial charge in [0.25, 0.3) is 0 Å². The van der Waals surface area contributed by atoms with E-state index in [-0.39, 0.29) is 24.0 Å². The number of urea groups is 1. The molecule has 0 rings (SSSR count). The van der Waals surface area contributed by atoms with Crippen molar-refractivity contribution in [3.05, 3.63) is 0 Å². The molecule has 0 aromatic rings. The van der Waals surface area contributed by atoms with Gasteiger partial charge in [-0.05, 0) is 27.7 Å². The SMILES string of the molecule is CCOC(=O)[C@H](C)CNC(=O)N(CC)C(C)C. The van der Waals surface area contributed by atoms with Crippen LogP contribution in [0.4, 0.5) is 4.79 Å². The van der Waals surface area contributed by atoms with Gasteiger partial charge in [0.05, 0.1) is 12.5 Å². The first-order valence-corrected chi connectivity index (χ1v) is 6.15. The van der Waals surface area contributed by atoms with E-state index >= 15 is 0 Å². The van der Waals surface area contributed by atoms with Gasteiger partial charge in [0.2, 0.25) is 0 Å². The van der Waals surface area contributed by atoms with E-state index in [1.165, 1.54) is 0 Å². The Bertz CT molecular complexity index is 254. The molecule has 0 heterocycles. The fraction of sp³-hybridized carbons (Fsp3) is 0.833. The Morgan fingerprint density at radius 3 is 2.24 bits per heavy atom. The van der Waals surface area contributed by atoms with E-state index in [9.17, 15) is 9.59 Å². The van der Waals surface area contributed by atoms with Gasteiger partial charge in [-0.1, -0.05) is 6.92 Å². The largest absolute Gasteiger partial charge is 0.466 e. The van der Waals surface area contributed by atoms with Crippen LogP contribution in [0.2, 0.25) is 0 Å². The minimum Gasteiger partial charge on any atom is -0.466 e. The Morgan fingerprint density at radius 1 is 1.24 bits per heavy atom. The molecule has 0 saturated carbocycles. The summed E-state index contributed by atoms with van der Waals surface area (Å²) in [6, 6.07) is 0.0107. The minimum absolute atomic E-state index is 0.140. The highest BCUT2D eigenvalue weighted by Crippen LogP contribution is 2.00. The third kappa shape index (κ3) is 5.56. The molecule has 0 aliphatic heterocycles. The number of nitrogens with one attached hydrogen (secondary N) is 1. The second-order valence-electron chi connectivity index (χ2n) is 4.22. The Hall–Kier alpha value is -1.26. The maximum absolute atomic E-state index is 11.8. The van der Waals surface area contributed by atoms with Crippen LogP contribution in [0.15, 0.2) is 0 Å². The molecule has 0 aromatic carbocycles. The van der Waals surface area contributed by atoms with Gasteiger partial charge in [-0.2, -0.15) is 0 Å². The maximum atomic E-state index is 11.8. The molecule has 0 unspecified atom stereocenters. The molecule has 0 spiro atoms. The van der Waals surface area contributed by atoms with Gasteiger partial charge in [-0.15, -0.1) is 0 Å².